The number of aldehydes is 1. The van der Waals surface area contributed by atoms with E-state index in [1.54, 1.807) is 0 Å². The van der Waals surface area contributed by atoms with Crippen LogP contribution in [-0.4, -0.2) is 58.1 Å². The van der Waals surface area contributed by atoms with Gasteiger partial charge < -0.3 is 24.9 Å². The molecular weight excluding hydrogens is 228 g/mol. The van der Waals surface area contributed by atoms with Gasteiger partial charge in [0.15, 0.2) is 0 Å². The molecule has 0 rings (SSSR count). The Bertz CT molecular complexity index is 223. The number of hydrogen-bond donors (Lipinski definition) is 2. The number of nitrogens with one attached hydrogen (secondary N) is 2. The molecule has 7 heteroatoms. The molecule has 0 aromatic rings. The molecule has 2 N–H and O–H groups in total. The van der Waals surface area contributed by atoms with E-state index in [0.717, 1.165) is 6.29 Å². The fraction of sp³-hybridized carbons (Fsp3) is 0.700. The van der Waals surface area contributed by atoms with E-state index in [-0.39, 0.29) is 12.5 Å². The monoisotopic (exact) mass is 246 g/mol. The highest BCUT2D eigenvalue weighted by Crippen LogP contribution is 1.80. The van der Waals surface area contributed by atoms with Crippen LogP contribution in [0.4, 0.5) is 0 Å². The normalized spacial score (nSPS) is 9.65. The summed E-state index contributed by atoms with van der Waals surface area (Å²) in [6, 6.07) is 0. The summed E-state index contributed by atoms with van der Waals surface area (Å²) in [4.78, 5) is 30.8. The summed E-state index contributed by atoms with van der Waals surface area (Å²) in [7, 11) is 0. The molecule has 0 aliphatic heterocycles. The smallest absolute Gasteiger partial charge is 0.239 e. The van der Waals surface area contributed by atoms with Crippen LogP contribution in [0.3, 0.4) is 0 Å². The molecule has 17 heavy (non-hydrogen) atoms. The van der Waals surface area contributed by atoms with Gasteiger partial charge >= 0.3 is 0 Å². The Hall–Kier alpha value is -1.47. The van der Waals surface area contributed by atoms with Crippen molar-refractivity contribution in [2.45, 2.75) is 6.42 Å². The van der Waals surface area contributed by atoms with Gasteiger partial charge in [0.05, 0.1) is 33.0 Å². The van der Waals surface area contributed by atoms with E-state index >= 15 is 0 Å². The summed E-state index contributed by atoms with van der Waals surface area (Å²) in [5, 5.41) is 4.80. The van der Waals surface area contributed by atoms with Gasteiger partial charge in [-0.1, -0.05) is 0 Å². The molecule has 7 nitrogen and oxygen atoms in total. The van der Waals surface area contributed by atoms with Gasteiger partial charge in [-0.3, -0.25) is 9.59 Å². The van der Waals surface area contributed by atoms with E-state index in [1.165, 1.54) is 0 Å². The molecule has 0 saturated heterocycles. The molecule has 98 valence electrons. The number of carbonyl (C=O) groups is 3. The Morgan fingerprint density at radius 3 is 2.41 bits per heavy atom. The zero-order chi connectivity index (χ0) is 12.8. The topological polar surface area (TPSA) is 93.7 Å². The van der Waals surface area contributed by atoms with Crippen molar-refractivity contribution in [3.05, 3.63) is 0 Å². The SMILES string of the molecule is O=CCCOCCOCCNC(=O)CNC=O. The van der Waals surface area contributed by atoms with E-state index in [2.05, 4.69) is 10.6 Å². The van der Waals surface area contributed by atoms with Crippen LogP contribution < -0.4 is 10.6 Å². The van der Waals surface area contributed by atoms with E-state index in [4.69, 9.17) is 9.47 Å². The van der Waals surface area contributed by atoms with Crippen molar-refractivity contribution < 1.29 is 23.9 Å². The maximum Gasteiger partial charge on any atom is 0.239 e. The van der Waals surface area contributed by atoms with Gasteiger partial charge in [0.25, 0.3) is 0 Å². The first kappa shape index (κ1) is 15.5. The Balaban J connectivity index is 3.09. The molecule has 0 heterocycles. The third-order valence-corrected chi connectivity index (χ3v) is 1.67. The highest BCUT2D eigenvalue weighted by atomic mass is 16.5. The van der Waals surface area contributed by atoms with Gasteiger partial charge in [0, 0.05) is 13.0 Å². The van der Waals surface area contributed by atoms with Gasteiger partial charge in [-0.25, -0.2) is 0 Å². The highest BCUT2D eigenvalue weighted by molar-refractivity contribution is 5.79. The third kappa shape index (κ3) is 12.5. The summed E-state index contributed by atoms with van der Waals surface area (Å²) in [5.74, 6) is -0.261. The van der Waals surface area contributed by atoms with Crippen molar-refractivity contribution in [3.63, 3.8) is 0 Å². The van der Waals surface area contributed by atoms with Crippen molar-refractivity contribution >= 4 is 18.6 Å². The zero-order valence-corrected chi connectivity index (χ0v) is 9.65. The maximum absolute atomic E-state index is 11.0. The lowest BCUT2D eigenvalue weighted by Gasteiger charge is -2.06. The van der Waals surface area contributed by atoms with Crippen LogP contribution >= 0.6 is 0 Å². The molecule has 0 atom stereocenters. The molecule has 0 aromatic heterocycles. The van der Waals surface area contributed by atoms with E-state index in [0.29, 0.717) is 45.8 Å². The van der Waals surface area contributed by atoms with Crippen LogP contribution in [0.2, 0.25) is 0 Å². The van der Waals surface area contributed by atoms with Gasteiger partial charge in [-0.15, -0.1) is 0 Å². The molecule has 0 aliphatic rings. The molecule has 0 unspecified atom stereocenters. The first-order valence-electron chi connectivity index (χ1n) is 5.34. The summed E-state index contributed by atoms with van der Waals surface area (Å²) in [6.07, 6.45) is 1.65. The van der Waals surface area contributed by atoms with E-state index in [9.17, 15) is 14.4 Å². The summed E-state index contributed by atoms with van der Waals surface area (Å²) < 4.78 is 10.2. The minimum Gasteiger partial charge on any atom is -0.379 e. The molecule has 0 aromatic carbocycles. The molecule has 0 fully saturated rings. The lowest BCUT2D eigenvalue weighted by Crippen LogP contribution is -2.35. The predicted molar refractivity (Wildman–Crippen MR) is 59.4 cm³/mol. The second-order valence-electron chi connectivity index (χ2n) is 3.03. The average molecular weight is 246 g/mol. The molecular formula is C10H18N2O5. The number of ether oxygens (including phenoxy) is 2. The third-order valence-electron chi connectivity index (χ3n) is 1.67. The molecule has 0 spiro atoms. The van der Waals surface area contributed by atoms with Crippen LogP contribution in [0, 0.1) is 0 Å². The predicted octanol–water partition coefficient (Wildman–Crippen LogP) is -1.53. The minimum atomic E-state index is -0.261. The van der Waals surface area contributed by atoms with Crippen molar-refractivity contribution in [1.29, 1.82) is 0 Å². The standard InChI is InChI=1S/C10H18N2O5/c13-3-1-4-16-6-7-17-5-2-12-10(15)8-11-9-14/h3,9H,1-2,4-8H2,(H,11,14)(H,12,15). The molecule has 0 radical (unpaired) electrons. The maximum atomic E-state index is 11.0. The highest BCUT2D eigenvalue weighted by Gasteiger charge is 1.97. The second kappa shape index (κ2) is 12.6. The largest absolute Gasteiger partial charge is 0.379 e. The summed E-state index contributed by atoms with van der Waals surface area (Å²) >= 11 is 0. The van der Waals surface area contributed by atoms with Crippen molar-refractivity contribution in [2.24, 2.45) is 0 Å². The van der Waals surface area contributed by atoms with E-state index < -0.39 is 0 Å². The number of amides is 2. The fourth-order valence-corrected chi connectivity index (χ4v) is 0.913. The summed E-state index contributed by atoms with van der Waals surface area (Å²) in [6.45, 7) is 1.98. The minimum absolute atomic E-state index is 0.0295. The number of carbonyl (C=O) groups excluding carboxylic acids is 3. The zero-order valence-electron chi connectivity index (χ0n) is 9.65. The molecule has 2 amide bonds. The molecule has 0 bridgehead atoms. The van der Waals surface area contributed by atoms with Gasteiger partial charge in [0.2, 0.25) is 12.3 Å². The molecule has 0 saturated carbocycles. The van der Waals surface area contributed by atoms with Crippen LogP contribution in [-0.2, 0) is 23.9 Å². The summed E-state index contributed by atoms with van der Waals surface area (Å²) in [5.41, 5.74) is 0. The van der Waals surface area contributed by atoms with Gasteiger partial charge in [-0.05, 0) is 0 Å². The van der Waals surface area contributed by atoms with Crippen LogP contribution in [0.1, 0.15) is 6.42 Å². The van der Waals surface area contributed by atoms with E-state index in [1.807, 2.05) is 0 Å². The number of hydrogen-bond acceptors (Lipinski definition) is 5. The quantitative estimate of drug-likeness (QED) is 0.322. The Labute approximate surface area is 99.8 Å². The van der Waals surface area contributed by atoms with Crippen LogP contribution in [0.15, 0.2) is 0 Å². The Morgan fingerprint density at radius 1 is 1.06 bits per heavy atom. The average Bonchev–Trinajstić information content (AvgIpc) is 2.34. The second-order valence-corrected chi connectivity index (χ2v) is 3.03. The van der Waals surface area contributed by atoms with Crippen molar-refractivity contribution in [2.75, 3.05) is 39.5 Å². The van der Waals surface area contributed by atoms with Crippen molar-refractivity contribution in [1.82, 2.24) is 10.6 Å². The van der Waals surface area contributed by atoms with Gasteiger partial charge in [0.1, 0.15) is 6.29 Å². The first-order valence-corrected chi connectivity index (χ1v) is 5.34. The lowest BCUT2D eigenvalue weighted by molar-refractivity contribution is -0.122. The van der Waals surface area contributed by atoms with Crippen LogP contribution in [0.25, 0.3) is 0 Å². The Morgan fingerprint density at radius 2 is 1.76 bits per heavy atom. The number of rotatable bonds is 12. The molecule has 0 aliphatic carbocycles. The lowest BCUT2D eigenvalue weighted by atomic mass is 10.5. The Kier molecular flexibility index (Phi) is 11.5. The van der Waals surface area contributed by atoms with Gasteiger partial charge in [-0.2, -0.15) is 0 Å². The first-order chi connectivity index (χ1) is 8.31. The van der Waals surface area contributed by atoms with Crippen molar-refractivity contribution in [3.8, 4) is 0 Å². The van der Waals surface area contributed by atoms with Crippen LogP contribution in [0.5, 0.6) is 0 Å². The fourth-order valence-electron chi connectivity index (χ4n) is 0.913.